The van der Waals surface area contributed by atoms with Crippen LogP contribution in [0.3, 0.4) is 0 Å². The van der Waals surface area contributed by atoms with Crippen LogP contribution in [0.15, 0.2) is 0 Å². The van der Waals surface area contributed by atoms with Crippen molar-refractivity contribution in [3.63, 3.8) is 0 Å². The third-order valence-corrected chi connectivity index (χ3v) is 2.21. The molecule has 0 aliphatic heterocycles. The summed E-state index contributed by atoms with van der Waals surface area (Å²) in [5.41, 5.74) is 0. The molecule has 1 fully saturated rings. The fourth-order valence-corrected chi connectivity index (χ4v) is 1.70. The van der Waals surface area contributed by atoms with Gasteiger partial charge in [0.1, 0.15) is 0 Å². The topological polar surface area (TPSA) is 29.5 Å². The van der Waals surface area contributed by atoms with Crippen LogP contribution >= 0.6 is 0 Å². The molecule has 0 aromatic heterocycles. The van der Waals surface area contributed by atoms with Gasteiger partial charge in [0.2, 0.25) is 0 Å². The lowest BCUT2D eigenvalue weighted by Crippen LogP contribution is -2.29. The highest BCUT2D eigenvalue weighted by Gasteiger charge is 2.24. The molecule has 0 unspecified atom stereocenters. The second-order valence-electron chi connectivity index (χ2n) is 3.32. The Bertz CT molecular complexity index is 93.4. The summed E-state index contributed by atoms with van der Waals surface area (Å²) in [6.45, 7) is 2.16. The molecule has 1 N–H and O–H groups in total. The zero-order chi connectivity index (χ0) is 7.56. The van der Waals surface area contributed by atoms with Crippen LogP contribution in [-0.4, -0.2) is 24.4 Å². The molecule has 0 spiro atoms. The van der Waals surface area contributed by atoms with Crippen molar-refractivity contribution in [2.75, 3.05) is 7.11 Å². The third-order valence-electron chi connectivity index (χ3n) is 2.21. The van der Waals surface area contributed by atoms with E-state index in [1.807, 2.05) is 0 Å². The molecule has 0 saturated heterocycles. The monoisotopic (exact) mass is 144 g/mol. The average Bonchev–Trinajstić information content (AvgIpc) is 1.85. The number of aliphatic hydroxyl groups excluding tert-OH is 1. The standard InChI is InChI=1S/C8H16O2/c1-6-3-7(9)5-8(4-6)10-2/h6-9H,3-5H2,1-2H3/t6-,7-,8+/m0/s1. The van der Waals surface area contributed by atoms with E-state index in [4.69, 9.17) is 4.74 Å². The number of hydrogen-bond donors (Lipinski definition) is 1. The number of hydrogen-bond acceptors (Lipinski definition) is 2. The van der Waals surface area contributed by atoms with Crippen molar-refractivity contribution in [2.24, 2.45) is 5.92 Å². The van der Waals surface area contributed by atoms with Gasteiger partial charge in [0, 0.05) is 7.11 Å². The zero-order valence-electron chi connectivity index (χ0n) is 6.71. The lowest BCUT2D eigenvalue weighted by Gasteiger charge is -2.29. The van der Waals surface area contributed by atoms with Crippen molar-refractivity contribution in [3.05, 3.63) is 0 Å². The number of rotatable bonds is 1. The maximum atomic E-state index is 9.30. The predicted octanol–water partition coefficient (Wildman–Crippen LogP) is 1.18. The second-order valence-corrected chi connectivity index (χ2v) is 3.32. The third kappa shape index (κ3) is 1.96. The summed E-state index contributed by atoms with van der Waals surface area (Å²) in [5, 5.41) is 9.30. The van der Waals surface area contributed by atoms with Crippen molar-refractivity contribution in [1.82, 2.24) is 0 Å². The van der Waals surface area contributed by atoms with Crippen LogP contribution in [0.25, 0.3) is 0 Å². The molecular formula is C8H16O2. The van der Waals surface area contributed by atoms with Crippen molar-refractivity contribution in [3.8, 4) is 0 Å². The highest BCUT2D eigenvalue weighted by Crippen LogP contribution is 2.25. The predicted molar refractivity (Wildman–Crippen MR) is 39.8 cm³/mol. The first kappa shape index (κ1) is 8.02. The van der Waals surface area contributed by atoms with Gasteiger partial charge in [-0.25, -0.2) is 0 Å². The van der Waals surface area contributed by atoms with E-state index in [0.29, 0.717) is 12.0 Å². The summed E-state index contributed by atoms with van der Waals surface area (Å²) in [5.74, 6) is 0.619. The zero-order valence-corrected chi connectivity index (χ0v) is 6.71. The van der Waals surface area contributed by atoms with Crippen LogP contribution in [0.1, 0.15) is 26.2 Å². The van der Waals surface area contributed by atoms with E-state index < -0.39 is 0 Å². The number of aliphatic hydroxyl groups is 1. The van der Waals surface area contributed by atoms with Crippen LogP contribution in [0.4, 0.5) is 0 Å². The van der Waals surface area contributed by atoms with Gasteiger partial charge in [-0.15, -0.1) is 0 Å². The highest BCUT2D eigenvalue weighted by molar-refractivity contribution is 4.76. The first-order chi connectivity index (χ1) is 4.72. The van der Waals surface area contributed by atoms with Gasteiger partial charge < -0.3 is 9.84 Å². The fraction of sp³-hybridized carbons (Fsp3) is 1.00. The molecule has 0 heterocycles. The number of ether oxygens (including phenoxy) is 1. The SMILES string of the molecule is CO[C@@H]1C[C@@H](C)C[C@H](O)C1. The largest absolute Gasteiger partial charge is 0.393 e. The highest BCUT2D eigenvalue weighted by atomic mass is 16.5. The van der Waals surface area contributed by atoms with Gasteiger partial charge in [-0.05, 0) is 25.2 Å². The van der Waals surface area contributed by atoms with Crippen LogP contribution < -0.4 is 0 Å². The minimum atomic E-state index is -0.131. The smallest absolute Gasteiger partial charge is 0.0598 e. The summed E-state index contributed by atoms with van der Waals surface area (Å²) in [6.07, 6.45) is 3.03. The Morgan fingerprint density at radius 3 is 2.50 bits per heavy atom. The second kappa shape index (κ2) is 3.35. The molecule has 60 valence electrons. The van der Waals surface area contributed by atoms with E-state index in [2.05, 4.69) is 6.92 Å². The molecule has 2 nitrogen and oxygen atoms in total. The quantitative estimate of drug-likeness (QED) is 0.599. The lowest BCUT2D eigenvalue weighted by molar-refractivity contribution is -0.00723. The Balaban J connectivity index is 2.35. The first-order valence-corrected chi connectivity index (χ1v) is 3.93. The Morgan fingerprint density at radius 2 is 2.00 bits per heavy atom. The van der Waals surface area contributed by atoms with E-state index in [-0.39, 0.29) is 6.10 Å². The van der Waals surface area contributed by atoms with Crippen molar-refractivity contribution in [1.29, 1.82) is 0 Å². The average molecular weight is 144 g/mol. The molecule has 1 saturated carbocycles. The van der Waals surface area contributed by atoms with Crippen molar-refractivity contribution in [2.45, 2.75) is 38.4 Å². The van der Waals surface area contributed by atoms with E-state index in [9.17, 15) is 5.11 Å². The fourth-order valence-electron chi connectivity index (χ4n) is 1.70. The Morgan fingerprint density at radius 1 is 1.30 bits per heavy atom. The molecule has 2 heteroatoms. The van der Waals surface area contributed by atoms with Gasteiger partial charge >= 0.3 is 0 Å². The van der Waals surface area contributed by atoms with Crippen LogP contribution in [0, 0.1) is 5.92 Å². The van der Waals surface area contributed by atoms with E-state index in [1.165, 1.54) is 0 Å². The molecular weight excluding hydrogens is 128 g/mol. The summed E-state index contributed by atoms with van der Waals surface area (Å²) in [4.78, 5) is 0. The molecule has 3 atom stereocenters. The lowest BCUT2D eigenvalue weighted by atomic mass is 9.87. The van der Waals surface area contributed by atoms with Crippen LogP contribution in [0.5, 0.6) is 0 Å². The molecule has 1 rings (SSSR count). The molecule has 0 radical (unpaired) electrons. The maximum Gasteiger partial charge on any atom is 0.0598 e. The minimum Gasteiger partial charge on any atom is -0.393 e. The normalized spacial score (nSPS) is 41.7. The Kier molecular flexibility index (Phi) is 2.69. The van der Waals surface area contributed by atoms with E-state index in [0.717, 1.165) is 19.3 Å². The Hall–Kier alpha value is -0.0800. The summed E-state index contributed by atoms with van der Waals surface area (Å²) < 4.78 is 5.17. The first-order valence-electron chi connectivity index (χ1n) is 3.93. The van der Waals surface area contributed by atoms with Gasteiger partial charge in [-0.1, -0.05) is 6.92 Å². The van der Waals surface area contributed by atoms with Gasteiger partial charge in [-0.2, -0.15) is 0 Å². The molecule has 10 heavy (non-hydrogen) atoms. The molecule has 0 aromatic carbocycles. The van der Waals surface area contributed by atoms with Crippen LogP contribution in [-0.2, 0) is 4.74 Å². The van der Waals surface area contributed by atoms with E-state index >= 15 is 0 Å². The summed E-state index contributed by atoms with van der Waals surface area (Å²) >= 11 is 0. The van der Waals surface area contributed by atoms with Crippen molar-refractivity contribution < 1.29 is 9.84 Å². The van der Waals surface area contributed by atoms with Gasteiger partial charge in [0.25, 0.3) is 0 Å². The summed E-state index contributed by atoms with van der Waals surface area (Å²) in [6, 6.07) is 0. The summed E-state index contributed by atoms with van der Waals surface area (Å²) in [7, 11) is 1.72. The van der Waals surface area contributed by atoms with Gasteiger partial charge in [0.15, 0.2) is 0 Å². The van der Waals surface area contributed by atoms with Gasteiger partial charge in [-0.3, -0.25) is 0 Å². The number of methoxy groups -OCH3 is 1. The molecule has 1 aliphatic carbocycles. The molecule has 0 bridgehead atoms. The van der Waals surface area contributed by atoms with Gasteiger partial charge in [0.05, 0.1) is 12.2 Å². The molecule has 0 aromatic rings. The molecule has 1 aliphatic rings. The van der Waals surface area contributed by atoms with Crippen LogP contribution in [0.2, 0.25) is 0 Å². The Labute approximate surface area is 62.2 Å². The maximum absolute atomic E-state index is 9.30. The van der Waals surface area contributed by atoms with E-state index in [1.54, 1.807) is 7.11 Å². The molecule has 0 amide bonds. The minimum absolute atomic E-state index is 0.131. The van der Waals surface area contributed by atoms with Crippen molar-refractivity contribution >= 4 is 0 Å².